The fourth-order valence-corrected chi connectivity index (χ4v) is 1.89. The lowest BCUT2D eigenvalue weighted by Gasteiger charge is -2.03. The van der Waals surface area contributed by atoms with Gasteiger partial charge in [0.25, 0.3) is 0 Å². The lowest BCUT2D eigenvalue weighted by Crippen LogP contribution is -1.86. The second kappa shape index (κ2) is 3.98. The van der Waals surface area contributed by atoms with Crippen LogP contribution in [0.4, 0.5) is 4.39 Å². The van der Waals surface area contributed by atoms with Crippen LogP contribution in [0.15, 0.2) is 60.7 Å². The summed E-state index contributed by atoms with van der Waals surface area (Å²) in [7, 11) is 0. The van der Waals surface area contributed by atoms with Gasteiger partial charge in [-0.2, -0.15) is 0 Å². The average Bonchev–Trinajstić information content (AvgIpc) is 2.40. The van der Waals surface area contributed by atoms with E-state index in [2.05, 4.69) is 4.98 Å². The van der Waals surface area contributed by atoms with E-state index in [-0.39, 0.29) is 5.82 Å². The first kappa shape index (κ1) is 9.97. The third-order valence-corrected chi connectivity index (χ3v) is 2.75. The van der Waals surface area contributed by atoms with Crippen LogP contribution < -0.4 is 0 Å². The highest BCUT2D eigenvalue weighted by molar-refractivity contribution is 5.82. The van der Waals surface area contributed by atoms with Gasteiger partial charge >= 0.3 is 0 Å². The summed E-state index contributed by atoms with van der Waals surface area (Å²) in [6.07, 6.45) is 0. The van der Waals surface area contributed by atoms with Crippen LogP contribution in [-0.2, 0) is 0 Å². The van der Waals surface area contributed by atoms with Crippen LogP contribution in [0.25, 0.3) is 22.2 Å². The first-order valence-electron chi connectivity index (χ1n) is 5.45. The molecule has 0 atom stereocenters. The molecule has 2 aromatic carbocycles. The molecule has 0 aliphatic rings. The molecule has 0 aliphatic carbocycles. The average molecular weight is 223 g/mol. The van der Waals surface area contributed by atoms with Crippen molar-refractivity contribution < 1.29 is 4.39 Å². The molecule has 0 amide bonds. The number of aromatic nitrogens is 1. The first-order chi connectivity index (χ1) is 8.34. The summed E-state index contributed by atoms with van der Waals surface area (Å²) in [5.74, 6) is -0.227. The van der Waals surface area contributed by atoms with Gasteiger partial charge < -0.3 is 0 Å². The number of fused-ring (bicyclic) bond motifs is 1. The van der Waals surface area contributed by atoms with Gasteiger partial charge in [0.15, 0.2) is 0 Å². The van der Waals surface area contributed by atoms with Crippen molar-refractivity contribution in [2.45, 2.75) is 0 Å². The van der Waals surface area contributed by atoms with Crippen molar-refractivity contribution in [3.8, 4) is 11.3 Å². The van der Waals surface area contributed by atoms with Crippen molar-refractivity contribution in [3.63, 3.8) is 0 Å². The van der Waals surface area contributed by atoms with Gasteiger partial charge in [-0.25, -0.2) is 9.37 Å². The standard InChI is InChI=1S/C15H10FN/c16-13-7-4-8-15-12(13)9-10-14(17-15)11-5-2-1-3-6-11/h1-10H. The summed E-state index contributed by atoms with van der Waals surface area (Å²) in [5.41, 5.74) is 2.59. The van der Waals surface area contributed by atoms with Gasteiger partial charge in [0.1, 0.15) is 5.82 Å². The predicted octanol–water partition coefficient (Wildman–Crippen LogP) is 4.04. The Morgan fingerprint density at radius 1 is 0.765 bits per heavy atom. The number of rotatable bonds is 1. The molecule has 0 spiro atoms. The van der Waals surface area contributed by atoms with Gasteiger partial charge in [0.05, 0.1) is 11.2 Å². The maximum atomic E-state index is 13.5. The molecule has 1 nitrogen and oxygen atoms in total. The Morgan fingerprint density at radius 2 is 1.59 bits per heavy atom. The summed E-state index contributed by atoms with van der Waals surface area (Å²) in [4.78, 5) is 4.47. The zero-order valence-electron chi connectivity index (χ0n) is 9.10. The minimum absolute atomic E-state index is 0.227. The van der Waals surface area contributed by atoms with Gasteiger partial charge in [-0.15, -0.1) is 0 Å². The van der Waals surface area contributed by atoms with Gasteiger partial charge in [0, 0.05) is 10.9 Å². The van der Waals surface area contributed by atoms with Crippen molar-refractivity contribution in [3.05, 3.63) is 66.5 Å². The summed E-state index contributed by atoms with van der Waals surface area (Å²) >= 11 is 0. The Labute approximate surface area is 98.6 Å². The highest BCUT2D eigenvalue weighted by atomic mass is 19.1. The molecule has 0 fully saturated rings. The first-order valence-corrected chi connectivity index (χ1v) is 5.45. The van der Waals surface area contributed by atoms with E-state index in [0.29, 0.717) is 10.9 Å². The molecule has 82 valence electrons. The number of hydrogen-bond donors (Lipinski definition) is 0. The number of hydrogen-bond acceptors (Lipinski definition) is 1. The highest BCUT2D eigenvalue weighted by Gasteiger charge is 2.03. The van der Waals surface area contributed by atoms with E-state index >= 15 is 0 Å². The maximum absolute atomic E-state index is 13.5. The van der Waals surface area contributed by atoms with Crippen LogP contribution in [0, 0.1) is 5.82 Å². The van der Waals surface area contributed by atoms with E-state index in [9.17, 15) is 4.39 Å². The molecular weight excluding hydrogens is 213 g/mol. The maximum Gasteiger partial charge on any atom is 0.132 e. The minimum Gasteiger partial charge on any atom is -0.248 e. The largest absolute Gasteiger partial charge is 0.248 e. The van der Waals surface area contributed by atoms with Gasteiger partial charge in [0.2, 0.25) is 0 Å². The Balaban J connectivity index is 2.21. The van der Waals surface area contributed by atoms with E-state index in [4.69, 9.17) is 0 Å². The molecule has 0 radical (unpaired) electrons. The molecule has 17 heavy (non-hydrogen) atoms. The van der Waals surface area contributed by atoms with Crippen LogP contribution in [0.1, 0.15) is 0 Å². The smallest absolute Gasteiger partial charge is 0.132 e. The molecule has 0 saturated heterocycles. The molecule has 3 aromatic rings. The van der Waals surface area contributed by atoms with Gasteiger partial charge in [-0.3, -0.25) is 0 Å². The second-order valence-electron chi connectivity index (χ2n) is 3.87. The van der Waals surface area contributed by atoms with Gasteiger partial charge in [-0.05, 0) is 24.3 Å². The van der Waals surface area contributed by atoms with Crippen molar-refractivity contribution in [1.29, 1.82) is 0 Å². The summed E-state index contributed by atoms with van der Waals surface area (Å²) in [6, 6.07) is 18.5. The third kappa shape index (κ3) is 1.78. The minimum atomic E-state index is -0.227. The lowest BCUT2D eigenvalue weighted by atomic mass is 10.1. The number of nitrogens with zero attached hydrogens (tertiary/aromatic N) is 1. The van der Waals surface area contributed by atoms with Crippen molar-refractivity contribution in [1.82, 2.24) is 4.98 Å². The van der Waals surface area contributed by atoms with Crippen molar-refractivity contribution in [2.24, 2.45) is 0 Å². The Morgan fingerprint density at radius 3 is 2.41 bits per heavy atom. The van der Waals surface area contributed by atoms with Crippen LogP contribution >= 0.6 is 0 Å². The van der Waals surface area contributed by atoms with E-state index in [1.807, 2.05) is 42.5 Å². The zero-order valence-corrected chi connectivity index (χ0v) is 9.10. The van der Waals surface area contributed by atoms with Crippen molar-refractivity contribution >= 4 is 10.9 Å². The molecule has 0 bridgehead atoms. The Kier molecular flexibility index (Phi) is 2.33. The van der Waals surface area contributed by atoms with Crippen LogP contribution in [0.5, 0.6) is 0 Å². The highest BCUT2D eigenvalue weighted by Crippen LogP contribution is 2.22. The number of halogens is 1. The van der Waals surface area contributed by atoms with Crippen LogP contribution in [0.3, 0.4) is 0 Å². The second-order valence-corrected chi connectivity index (χ2v) is 3.87. The molecule has 0 saturated carbocycles. The molecule has 2 heteroatoms. The van der Waals surface area contributed by atoms with Crippen molar-refractivity contribution in [2.75, 3.05) is 0 Å². The molecule has 0 aliphatic heterocycles. The molecular formula is C15H10FN. The summed E-state index contributed by atoms with van der Waals surface area (Å²) < 4.78 is 13.5. The molecule has 0 unspecified atom stereocenters. The number of benzene rings is 2. The lowest BCUT2D eigenvalue weighted by molar-refractivity contribution is 0.639. The van der Waals surface area contributed by atoms with E-state index < -0.39 is 0 Å². The van der Waals surface area contributed by atoms with E-state index in [1.54, 1.807) is 12.1 Å². The SMILES string of the molecule is Fc1cccc2nc(-c3ccccc3)ccc12. The summed E-state index contributed by atoms with van der Waals surface area (Å²) in [6.45, 7) is 0. The third-order valence-electron chi connectivity index (χ3n) is 2.75. The Bertz CT molecular complexity index is 662. The Hall–Kier alpha value is -2.22. The van der Waals surface area contributed by atoms with Gasteiger partial charge in [-0.1, -0.05) is 36.4 Å². The molecule has 3 rings (SSSR count). The quantitative estimate of drug-likeness (QED) is 0.606. The predicted molar refractivity (Wildman–Crippen MR) is 67.1 cm³/mol. The van der Waals surface area contributed by atoms with Crippen LogP contribution in [0.2, 0.25) is 0 Å². The molecule has 1 aromatic heterocycles. The normalized spacial score (nSPS) is 10.6. The summed E-state index contributed by atoms with van der Waals surface area (Å²) in [5, 5.41) is 0.562. The topological polar surface area (TPSA) is 12.9 Å². The van der Waals surface area contributed by atoms with Crippen LogP contribution in [-0.4, -0.2) is 4.98 Å². The van der Waals surface area contributed by atoms with E-state index in [0.717, 1.165) is 11.3 Å². The monoisotopic (exact) mass is 223 g/mol. The number of pyridine rings is 1. The zero-order chi connectivity index (χ0) is 11.7. The molecule has 1 heterocycles. The van der Waals surface area contributed by atoms with E-state index in [1.165, 1.54) is 6.07 Å². The fourth-order valence-electron chi connectivity index (χ4n) is 1.89. The molecule has 0 N–H and O–H groups in total. The fraction of sp³-hybridized carbons (Fsp3) is 0.